The molecule has 0 aliphatic heterocycles. The zero-order chi connectivity index (χ0) is 10.3. The van der Waals surface area contributed by atoms with Gasteiger partial charge in [-0.2, -0.15) is 0 Å². The number of hydrogen-bond acceptors (Lipinski definition) is 2. The van der Waals surface area contributed by atoms with Crippen molar-refractivity contribution in [1.29, 1.82) is 0 Å². The second-order valence-electron chi connectivity index (χ2n) is 3.21. The van der Waals surface area contributed by atoms with Gasteiger partial charge in [0.15, 0.2) is 0 Å². The van der Waals surface area contributed by atoms with Crippen LogP contribution in [0.3, 0.4) is 0 Å². The van der Waals surface area contributed by atoms with Gasteiger partial charge in [-0.25, -0.2) is 4.79 Å². The summed E-state index contributed by atoms with van der Waals surface area (Å²) in [7, 11) is 0. The standard InChI is InChI=1S/C10H17BrO2/c1-4-13-10(12)9(7-11)6-5-8(2)3/h6,8H,4-5,7H2,1-3H3/b9-6-. The van der Waals surface area contributed by atoms with Gasteiger partial charge < -0.3 is 4.74 Å². The third kappa shape index (κ3) is 5.86. The number of alkyl halides is 1. The Labute approximate surface area is 88.5 Å². The van der Waals surface area contributed by atoms with Gasteiger partial charge in [-0.05, 0) is 19.3 Å². The van der Waals surface area contributed by atoms with Crippen molar-refractivity contribution >= 4 is 21.9 Å². The maximum absolute atomic E-state index is 11.3. The average molecular weight is 249 g/mol. The van der Waals surface area contributed by atoms with Crippen LogP contribution in [-0.2, 0) is 9.53 Å². The van der Waals surface area contributed by atoms with Crippen molar-refractivity contribution in [2.75, 3.05) is 11.9 Å². The summed E-state index contributed by atoms with van der Waals surface area (Å²) in [6, 6.07) is 0. The summed E-state index contributed by atoms with van der Waals surface area (Å²) in [6.45, 7) is 6.48. The zero-order valence-electron chi connectivity index (χ0n) is 8.47. The quantitative estimate of drug-likeness (QED) is 0.425. The first-order valence-electron chi connectivity index (χ1n) is 4.53. The SMILES string of the molecule is CCOC(=O)/C(=C\CC(C)C)CBr. The van der Waals surface area contributed by atoms with Crippen LogP contribution in [0, 0.1) is 5.92 Å². The topological polar surface area (TPSA) is 26.3 Å². The maximum Gasteiger partial charge on any atom is 0.334 e. The first-order chi connectivity index (χ1) is 6.11. The first-order valence-corrected chi connectivity index (χ1v) is 5.66. The van der Waals surface area contributed by atoms with Crippen LogP contribution in [0.5, 0.6) is 0 Å². The van der Waals surface area contributed by atoms with Gasteiger partial charge in [0.25, 0.3) is 0 Å². The van der Waals surface area contributed by atoms with Crippen molar-refractivity contribution in [3.63, 3.8) is 0 Å². The molecule has 0 spiro atoms. The highest BCUT2D eigenvalue weighted by Crippen LogP contribution is 2.08. The zero-order valence-corrected chi connectivity index (χ0v) is 10.1. The Hall–Kier alpha value is -0.310. The number of rotatable bonds is 5. The summed E-state index contributed by atoms with van der Waals surface area (Å²) in [5, 5.41) is 0.568. The molecule has 76 valence electrons. The Bertz CT molecular complexity index is 185. The molecule has 0 bridgehead atoms. The molecule has 0 atom stereocenters. The van der Waals surface area contributed by atoms with E-state index in [1.807, 2.05) is 13.0 Å². The van der Waals surface area contributed by atoms with Crippen LogP contribution >= 0.6 is 15.9 Å². The second kappa shape index (κ2) is 7.13. The molecule has 0 N–H and O–H groups in total. The summed E-state index contributed by atoms with van der Waals surface area (Å²) in [5.41, 5.74) is 0.718. The van der Waals surface area contributed by atoms with E-state index >= 15 is 0 Å². The van der Waals surface area contributed by atoms with Gasteiger partial charge in [-0.3, -0.25) is 0 Å². The van der Waals surface area contributed by atoms with Crippen molar-refractivity contribution in [2.45, 2.75) is 27.2 Å². The molecule has 2 nitrogen and oxygen atoms in total. The molecule has 0 fully saturated rings. The number of ether oxygens (including phenoxy) is 1. The van der Waals surface area contributed by atoms with Crippen LogP contribution in [0.1, 0.15) is 27.2 Å². The van der Waals surface area contributed by atoms with Crippen molar-refractivity contribution in [2.24, 2.45) is 5.92 Å². The van der Waals surface area contributed by atoms with E-state index in [0.717, 1.165) is 12.0 Å². The van der Waals surface area contributed by atoms with Gasteiger partial charge in [-0.15, -0.1) is 0 Å². The minimum Gasteiger partial charge on any atom is -0.463 e. The number of allylic oxidation sites excluding steroid dienone is 1. The number of carbonyl (C=O) groups is 1. The Kier molecular flexibility index (Phi) is 6.96. The van der Waals surface area contributed by atoms with Crippen LogP contribution in [0.25, 0.3) is 0 Å². The first kappa shape index (κ1) is 12.7. The molecule has 0 rings (SSSR count). The highest BCUT2D eigenvalue weighted by Gasteiger charge is 2.08. The predicted molar refractivity (Wildman–Crippen MR) is 58.0 cm³/mol. The van der Waals surface area contributed by atoms with Crippen molar-refractivity contribution < 1.29 is 9.53 Å². The minimum atomic E-state index is -0.208. The van der Waals surface area contributed by atoms with Gasteiger partial charge in [0.2, 0.25) is 0 Å². The molecule has 0 heterocycles. The lowest BCUT2D eigenvalue weighted by Crippen LogP contribution is -2.08. The van der Waals surface area contributed by atoms with E-state index in [9.17, 15) is 4.79 Å². The molecule has 0 amide bonds. The van der Waals surface area contributed by atoms with E-state index in [-0.39, 0.29) is 5.97 Å². The molecule has 0 aromatic rings. The molecule has 0 radical (unpaired) electrons. The lowest BCUT2D eigenvalue weighted by Gasteiger charge is -2.04. The summed E-state index contributed by atoms with van der Waals surface area (Å²) >= 11 is 3.27. The van der Waals surface area contributed by atoms with Crippen LogP contribution in [0.15, 0.2) is 11.6 Å². The molecule has 0 unspecified atom stereocenters. The van der Waals surface area contributed by atoms with Gasteiger partial charge in [-0.1, -0.05) is 35.9 Å². The molecule has 0 saturated heterocycles. The molecule has 0 aromatic carbocycles. The largest absolute Gasteiger partial charge is 0.463 e. The monoisotopic (exact) mass is 248 g/mol. The Morgan fingerprint density at radius 3 is 2.54 bits per heavy atom. The Morgan fingerprint density at radius 2 is 2.15 bits per heavy atom. The molecule has 3 heteroatoms. The van der Waals surface area contributed by atoms with Crippen LogP contribution in [0.4, 0.5) is 0 Å². The van der Waals surface area contributed by atoms with E-state index < -0.39 is 0 Å². The lowest BCUT2D eigenvalue weighted by atomic mass is 10.1. The van der Waals surface area contributed by atoms with Crippen molar-refractivity contribution in [3.05, 3.63) is 11.6 Å². The third-order valence-corrected chi connectivity index (χ3v) is 2.12. The summed E-state index contributed by atoms with van der Waals surface area (Å²) < 4.78 is 4.89. The maximum atomic E-state index is 11.3. The lowest BCUT2D eigenvalue weighted by molar-refractivity contribution is -0.138. The summed E-state index contributed by atoms with van der Waals surface area (Å²) in [6.07, 6.45) is 2.86. The third-order valence-electron chi connectivity index (χ3n) is 1.52. The molecule has 0 aromatic heterocycles. The fourth-order valence-electron chi connectivity index (χ4n) is 0.794. The molecule has 0 saturated carbocycles. The number of esters is 1. The number of carbonyl (C=O) groups excluding carboxylic acids is 1. The van der Waals surface area contributed by atoms with Gasteiger partial charge in [0, 0.05) is 10.9 Å². The van der Waals surface area contributed by atoms with Gasteiger partial charge >= 0.3 is 5.97 Å². The normalized spacial score (nSPS) is 11.9. The minimum absolute atomic E-state index is 0.208. The van der Waals surface area contributed by atoms with Crippen molar-refractivity contribution in [1.82, 2.24) is 0 Å². The van der Waals surface area contributed by atoms with Gasteiger partial charge in [0.05, 0.1) is 6.61 Å². The van der Waals surface area contributed by atoms with Gasteiger partial charge in [0.1, 0.15) is 0 Å². The Morgan fingerprint density at radius 1 is 1.54 bits per heavy atom. The summed E-state index contributed by atoms with van der Waals surface area (Å²) in [4.78, 5) is 11.3. The van der Waals surface area contributed by atoms with E-state index in [0.29, 0.717) is 17.9 Å². The van der Waals surface area contributed by atoms with E-state index in [4.69, 9.17) is 4.74 Å². The Balaban J connectivity index is 4.14. The second-order valence-corrected chi connectivity index (χ2v) is 3.77. The molecule has 0 aliphatic carbocycles. The van der Waals surface area contributed by atoms with Crippen LogP contribution < -0.4 is 0 Å². The average Bonchev–Trinajstić information content (AvgIpc) is 2.05. The van der Waals surface area contributed by atoms with E-state index in [2.05, 4.69) is 29.8 Å². The van der Waals surface area contributed by atoms with Crippen molar-refractivity contribution in [3.8, 4) is 0 Å². The molecule has 0 aliphatic rings. The fourth-order valence-corrected chi connectivity index (χ4v) is 1.25. The fraction of sp³-hybridized carbons (Fsp3) is 0.700. The predicted octanol–water partition coefficient (Wildman–Crippen LogP) is 2.92. The van der Waals surface area contributed by atoms with Crippen LogP contribution in [-0.4, -0.2) is 17.9 Å². The van der Waals surface area contributed by atoms with E-state index in [1.54, 1.807) is 0 Å². The molecular weight excluding hydrogens is 232 g/mol. The highest BCUT2D eigenvalue weighted by molar-refractivity contribution is 9.09. The smallest absolute Gasteiger partial charge is 0.334 e. The van der Waals surface area contributed by atoms with Crippen LogP contribution in [0.2, 0.25) is 0 Å². The molecular formula is C10H17BrO2. The molecule has 13 heavy (non-hydrogen) atoms. The summed E-state index contributed by atoms with van der Waals surface area (Å²) in [5.74, 6) is 0.364. The number of halogens is 1. The number of hydrogen-bond donors (Lipinski definition) is 0. The van der Waals surface area contributed by atoms with E-state index in [1.165, 1.54) is 0 Å². The highest BCUT2D eigenvalue weighted by atomic mass is 79.9.